The smallest absolute Gasteiger partial charge is 0.275 e. The summed E-state index contributed by atoms with van der Waals surface area (Å²) in [6, 6.07) is 18.8. The average Bonchev–Trinajstić information content (AvgIpc) is 3.41. The van der Waals surface area contributed by atoms with Gasteiger partial charge in [-0.1, -0.05) is 12.1 Å². The van der Waals surface area contributed by atoms with Crippen LogP contribution in [0.4, 0.5) is 25.8 Å². The van der Waals surface area contributed by atoms with Crippen LogP contribution in [0.1, 0.15) is 28.4 Å². The minimum Gasteiger partial charge on any atom is -0.345 e. The molecule has 0 radical (unpaired) electrons. The molecule has 4 aromatic rings. The average molecular weight is 586 g/mol. The number of benzene rings is 3. The fourth-order valence-corrected chi connectivity index (χ4v) is 5.23. The topological polar surface area (TPSA) is 86.7 Å². The Morgan fingerprint density at radius 1 is 0.977 bits per heavy atom. The molecule has 0 unspecified atom stereocenters. The van der Waals surface area contributed by atoms with E-state index in [9.17, 15) is 18.8 Å². The summed E-state index contributed by atoms with van der Waals surface area (Å²) in [5, 5.41) is 5.53. The highest BCUT2D eigenvalue weighted by Crippen LogP contribution is 2.36. The first-order valence-corrected chi connectivity index (χ1v) is 13.9. The van der Waals surface area contributed by atoms with E-state index in [4.69, 9.17) is 0 Å². The maximum Gasteiger partial charge on any atom is 0.275 e. The van der Waals surface area contributed by atoms with E-state index >= 15 is 4.39 Å². The van der Waals surface area contributed by atoms with E-state index in [0.29, 0.717) is 41.0 Å². The molecule has 0 aliphatic carbocycles. The van der Waals surface area contributed by atoms with Crippen LogP contribution in [0.25, 0.3) is 11.3 Å². The summed E-state index contributed by atoms with van der Waals surface area (Å²) in [4.78, 5) is 42.6. The van der Waals surface area contributed by atoms with Crippen LogP contribution in [0.5, 0.6) is 0 Å². The van der Waals surface area contributed by atoms with Crippen LogP contribution in [0, 0.1) is 11.6 Å². The number of fused-ring (bicyclic) bond motifs is 1. The van der Waals surface area contributed by atoms with Gasteiger partial charge in [-0.3, -0.25) is 14.4 Å². The van der Waals surface area contributed by atoms with Crippen molar-refractivity contribution in [3.05, 3.63) is 111 Å². The van der Waals surface area contributed by atoms with Crippen LogP contribution in [0.2, 0.25) is 0 Å². The summed E-state index contributed by atoms with van der Waals surface area (Å²) in [6.45, 7) is 2.22. The van der Waals surface area contributed by atoms with Crippen LogP contribution < -0.4 is 21.1 Å². The number of aromatic nitrogens is 1. The summed E-state index contributed by atoms with van der Waals surface area (Å²) in [7, 11) is 4.96. The predicted octanol–water partition coefficient (Wildman–Crippen LogP) is 4.78. The quantitative estimate of drug-likeness (QED) is 0.311. The van der Waals surface area contributed by atoms with Crippen molar-refractivity contribution in [1.82, 2.24) is 14.8 Å². The van der Waals surface area contributed by atoms with Crippen molar-refractivity contribution in [2.45, 2.75) is 25.9 Å². The van der Waals surface area contributed by atoms with Crippen LogP contribution in [0.3, 0.4) is 0 Å². The molecule has 10 heteroatoms. The molecule has 0 spiro atoms. The molecule has 0 saturated heterocycles. The zero-order valence-electron chi connectivity index (χ0n) is 24.4. The molecule has 0 saturated carbocycles. The molecule has 43 heavy (non-hydrogen) atoms. The molecule has 1 aliphatic rings. The van der Waals surface area contributed by atoms with Gasteiger partial charge in [-0.25, -0.2) is 8.78 Å². The van der Waals surface area contributed by atoms with Gasteiger partial charge >= 0.3 is 0 Å². The molecule has 8 nitrogen and oxygen atoms in total. The molecule has 2 heterocycles. The van der Waals surface area contributed by atoms with E-state index in [1.807, 2.05) is 4.90 Å². The van der Waals surface area contributed by atoms with Gasteiger partial charge in [-0.15, -0.1) is 0 Å². The van der Waals surface area contributed by atoms with E-state index in [1.54, 1.807) is 70.5 Å². The normalized spacial score (nSPS) is 13.0. The minimum absolute atomic E-state index is 0.0137. The van der Waals surface area contributed by atoms with Gasteiger partial charge in [0.05, 0.1) is 18.3 Å². The highest BCUT2D eigenvalue weighted by molar-refractivity contribution is 5.95. The Hall–Kier alpha value is -4.83. The molecule has 5 rings (SSSR count). The molecular weight excluding hydrogens is 552 g/mol. The lowest BCUT2D eigenvalue weighted by atomic mass is 10.1. The van der Waals surface area contributed by atoms with E-state index in [-0.39, 0.29) is 29.9 Å². The summed E-state index contributed by atoms with van der Waals surface area (Å²) in [5.41, 5.74) is 3.89. The molecule has 0 bridgehead atoms. The Morgan fingerprint density at radius 2 is 1.77 bits per heavy atom. The Balaban J connectivity index is 1.59. The van der Waals surface area contributed by atoms with Crippen LogP contribution in [-0.4, -0.2) is 55.0 Å². The van der Waals surface area contributed by atoms with E-state index < -0.39 is 17.4 Å². The summed E-state index contributed by atoms with van der Waals surface area (Å²) in [6.07, 6.45) is 0.622. The molecule has 3 aromatic carbocycles. The molecule has 1 aliphatic heterocycles. The number of halogens is 2. The summed E-state index contributed by atoms with van der Waals surface area (Å²) >= 11 is 0. The van der Waals surface area contributed by atoms with E-state index in [0.717, 1.165) is 11.3 Å². The fourth-order valence-electron chi connectivity index (χ4n) is 5.23. The van der Waals surface area contributed by atoms with Gasteiger partial charge in [0, 0.05) is 37.6 Å². The molecule has 1 aromatic heterocycles. The third kappa shape index (κ3) is 6.19. The van der Waals surface area contributed by atoms with Crippen LogP contribution >= 0.6 is 0 Å². The highest BCUT2D eigenvalue weighted by Gasteiger charge is 2.23. The first-order chi connectivity index (χ1) is 20.5. The number of carbonyl (C=O) groups excluding carboxylic acids is 2. The minimum atomic E-state index is -0.538. The Bertz CT molecular complexity index is 1770. The monoisotopic (exact) mass is 585 g/mol. The third-order valence-electron chi connectivity index (χ3n) is 7.60. The van der Waals surface area contributed by atoms with Gasteiger partial charge in [0.25, 0.3) is 11.5 Å². The van der Waals surface area contributed by atoms with Gasteiger partial charge < -0.3 is 25.0 Å². The molecule has 2 amide bonds. The lowest BCUT2D eigenvalue weighted by Gasteiger charge is -2.22. The highest BCUT2D eigenvalue weighted by atomic mass is 19.1. The number of anilines is 3. The van der Waals surface area contributed by atoms with Gasteiger partial charge in [0.1, 0.15) is 17.3 Å². The maximum atomic E-state index is 15.1. The van der Waals surface area contributed by atoms with E-state index in [1.165, 1.54) is 39.8 Å². The number of likely N-dealkylation sites (N-methyl/N-ethyl adjacent to an activating group) is 1. The second-order valence-corrected chi connectivity index (χ2v) is 10.8. The number of hydrogen-bond donors (Lipinski definition) is 2. The molecule has 0 fully saturated rings. The number of carbonyl (C=O) groups is 2. The number of amides is 2. The maximum absolute atomic E-state index is 15.1. The third-order valence-corrected chi connectivity index (χ3v) is 7.60. The molecule has 2 N–H and O–H groups in total. The largest absolute Gasteiger partial charge is 0.345 e. The second-order valence-electron chi connectivity index (χ2n) is 10.8. The van der Waals surface area contributed by atoms with Crippen molar-refractivity contribution in [3.63, 3.8) is 0 Å². The van der Waals surface area contributed by atoms with Gasteiger partial charge in [0.2, 0.25) is 5.91 Å². The van der Waals surface area contributed by atoms with Crippen molar-refractivity contribution in [2.75, 3.05) is 37.9 Å². The number of nitrogens with zero attached hydrogens (tertiary/aromatic N) is 3. The number of hydrogen-bond acceptors (Lipinski definition) is 5. The van der Waals surface area contributed by atoms with Gasteiger partial charge in [-0.05, 0) is 97.7 Å². The lowest BCUT2D eigenvalue weighted by molar-refractivity contribution is -0.117. The van der Waals surface area contributed by atoms with Crippen molar-refractivity contribution in [2.24, 2.45) is 0 Å². The number of pyridine rings is 1. The Labute approximate surface area is 248 Å². The lowest BCUT2D eigenvalue weighted by Crippen LogP contribution is -2.37. The molecule has 222 valence electrons. The van der Waals surface area contributed by atoms with Crippen molar-refractivity contribution < 1.29 is 18.4 Å². The van der Waals surface area contributed by atoms with E-state index in [2.05, 4.69) is 10.6 Å². The summed E-state index contributed by atoms with van der Waals surface area (Å²) in [5.74, 6) is -1.38. The second kappa shape index (κ2) is 12.2. The first-order valence-electron chi connectivity index (χ1n) is 13.9. The van der Waals surface area contributed by atoms with Gasteiger partial charge in [0.15, 0.2) is 0 Å². The Morgan fingerprint density at radius 3 is 2.51 bits per heavy atom. The zero-order chi connectivity index (χ0) is 30.8. The Kier molecular flexibility index (Phi) is 8.40. The number of rotatable bonds is 8. The first kappa shape index (κ1) is 29.7. The van der Waals surface area contributed by atoms with Crippen LogP contribution in [-0.2, 0) is 17.8 Å². The summed E-state index contributed by atoms with van der Waals surface area (Å²) < 4.78 is 30.3. The van der Waals surface area contributed by atoms with Gasteiger partial charge in [-0.2, -0.15) is 0 Å². The number of nitrogens with one attached hydrogen (secondary N) is 2. The predicted molar refractivity (Wildman–Crippen MR) is 164 cm³/mol. The molecule has 1 atom stereocenters. The SMILES string of the molecule is CN[C@@H](C)C(=O)Nc1ccc(-c2cccc(C(=O)N(C)C)c2)n(Cc2cc(F)cc(N3CCc4cc(F)ccc43)c2)c1=O. The van der Waals surface area contributed by atoms with Crippen molar-refractivity contribution >= 4 is 28.9 Å². The van der Waals surface area contributed by atoms with Crippen molar-refractivity contribution in [3.8, 4) is 11.3 Å². The zero-order valence-corrected chi connectivity index (χ0v) is 24.4. The van der Waals surface area contributed by atoms with Crippen LogP contribution in [0.15, 0.2) is 77.6 Å². The standard InChI is InChI=1S/C33H33F2N5O3/c1-20(36-2)31(41)37-28-9-11-30(22-6-5-7-24(16-22)32(42)38(3)4)40(33(28)43)19-21-14-26(35)18-27(15-21)39-13-12-23-17-25(34)8-10-29(23)39/h5-11,14-18,20,36H,12-13,19H2,1-4H3,(H,37,41)/t20-/m0/s1. The van der Waals surface area contributed by atoms with Crippen molar-refractivity contribution in [1.29, 1.82) is 0 Å². The fraction of sp³-hybridized carbons (Fsp3) is 0.242. The molecular formula is C33H33F2N5O3.